The summed E-state index contributed by atoms with van der Waals surface area (Å²) < 4.78 is 10.5. The largest absolute Gasteiger partial charge is 0.490 e. The van der Waals surface area contributed by atoms with Crippen LogP contribution < -0.4 is 20.7 Å². The molecule has 0 saturated carbocycles. The molecule has 1 heterocycles. The molecule has 1 amide bonds. The van der Waals surface area contributed by atoms with Crippen LogP contribution in [0.5, 0.6) is 5.75 Å². The molecule has 0 spiro atoms. The van der Waals surface area contributed by atoms with Crippen molar-refractivity contribution in [2.24, 2.45) is 5.73 Å². The van der Waals surface area contributed by atoms with E-state index in [9.17, 15) is 4.79 Å². The Labute approximate surface area is 118 Å². The van der Waals surface area contributed by atoms with Gasteiger partial charge in [-0.3, -0.25) is 4.79 Å². The first-order chi connectivity index (χ1) is 9.74. The minimum Gasteiger partial charge on any atom is -0.490 e. The molecule has 2 rings (SSSR count). The Balaban J connectivity index is 1.99. The van der Waals surface area contributed by atoms with E-state index in [0.717, 1.165) is 17.0 Å². The Kier molecular flexibility index (Phi) is 5.20. The third kappa shape index (κ3) is 3.61. The summed E-state index contributed by atoms with van der Waals surface area (Å²) in [7, 11) is 1.61. The van der Waals surface area contributed by atoms with Gasteiger partial charge in [0, 0.05) is 20.2 Å². The van der Waals surface area contributed by atoms with Gasteiger partial charge in [0.05, 0.1) is 25.4 Å². The van der Waals surface area contributed by atoms with Crippen molar-refractivity contribution in [3.8, 4) is 5.75 Å². The van der Waals surface area contributed by atoms with Crippen LogP contribution in [-0.2, 0) is 16.1 Å². The second-order valence-electron chi connectivity index (χ2n) is 4.62. The maximum atomic E-state index is 11.8. The summed E-state index contributed by atoms with van der Waals surface area (Å²) in [5.74, 6) is 0.779. The molecule has 0 radical (unpaired) electrons. The molecule has 0 saturated heterocycles. The van der Waals surface area contributed by atoms with E-state index in [1.165, 1.54) is 0 Å². The van der Waals surface area contributed by atoms with Crippen molar-refractivity contribution in [3.05, 3.63) is 23.8 Å². The van der Waals surface area contributed by atoms with E-state index >= 15 is 0 Å². The minimum atomic E-state index is -0.0159. The van der Waals surface area contributed by atoms with Gasteiger partial charge in [0.2, 0.25) is 5.91 Å². The van der Waals surface area contributed by atoms with Crippen LogP contribution in [0.2, 0.25) is 0 Å². The first-order valence-electron chi connectivity index (χ1n) is 6.71. The number of ether oxygens (including phenoxy) is 2. The number of hydrogen-bond donors (Lipinski definition) is 2. The zero-order chi connectivity index (χ0) is 14.4. The highest BCUT2D eigenvalue weighted by molar-refractivity contribution is 5.82. The highest BCUT2D eigenvalue weighted by atomic mass is 16.5. The fraction of sp³-hybridized carbons (Fsp3) is 0.500. The Hall–Kier alpha value is -1.79. The molecular formula is C14H21N3O3. The summed E-state index contributed by atoms with van der Waals surface area (Å²) in [6, 6.07) is 5.85. The number of rotatable bonds is 6. The van der Waals surface area contributed by atoms with Gasteiger partial charge in [0.1, 0.15) is 12.4 Å². The maximum Gasteiger partial charge on any atom is 0.239 e. The van der Waals surface area contributed by atoms with Crippen molar-refractivity contribution in [2.45, 2.75) is 6.54 Å². The normalized spacial score (nSPS) is 13.6. The predicted molar refractivity (Wildman–Crippen MR) is 76.9 cm³/mol. The van der Waals surface area contributed by atoms with Crippen LogP contribution in [0.25, 0.3) is 0 Å². The van der Waals surface area contributed by atoms with Gasteiger partial charge >= 0.3 is 0 Å². The van der Waals surface area contributed by atoms with Gasteiger partial charge in [0.25, 0.3) is 0 Å². The Morgan fingerprint density at radius 3 is 3.15 bits per heavy atom. The second kappa shape index (κ2) is 7.12. The number of hydrogen-bond acceptors (Lipinski definition) is 5. The average molecular weight is 279 g/mol. The number of nitrogens with one attached hydrogen (secondary N) is 1. The fourth-order valence-corrected chi connectivity index (χ4v) is 2.13. The second-order valence-corrected chi connectivity index (χ2v) is 4.62. The molecule has 1 aliphatic heterocycles. The average Bonchev–Trinajstić information content (AvgIpc) is 2.47. The smallest absolute Gasteiger partial charge is 0.239 e. The fourth-order valence-electron chi connectivity index (χ4n) is 2.13. The SMILES string of the molecule is COCCNC(=O)CN1CCOc2cc(CN)ccc21. The van der Waals surface area contributed by atoms with E-state index in [-0.39, 0.29) is 5.91 Å². The van der Waals surface area contributed by atoms with Crippen molar-refractivity contribution in [2.75, 3.05) is 44.9 Å². The molecule has 0 unspecified atom stereocenters. The van der Waals surface area contributed by atoms with Crippen molar-refractivity contribution < 1.29 is 14.3 Å². The lowest BCUT2D eigenvalue weighted by Gasteiger charge is -2.31. The van der Waals surface area contributed by atoms with E-state index in [1.807, 2.05) is 23.1 Å². The van der Waals surface area contributed by atoms with Crippen molar-refractivity contribution >= 4 is 11.6 Å². The number of carbonyl (C=O) groups is 1. The molecule has 6 nitrogen and oxygen atoms in total. The van der Waals surface area contributed by atoms with Crippen LogP contribution in [0, 0.1) is 0 Å². The predicted octanol–water partition coefficient (Wildman–Crippen LogP) is 0.107. The zero-order valence-corrected chi connectivity index (χ0v) is 11.7. The van der Waals surface area contributed by atoms with Crippen molar-refractivity contribution in [1.29, 1.82) is 0 Å². The number of methoxy groups -OCH3 is 1. The van der Waals surface area contributed by atoms with Crippen LogP contribution in [0.4, 0.5) is 5.69 Å². The lowest BCUT2D eigenvalue weighted by Crippen LogP contribution is -2.42. The number of carbonyl (C=O) groups excluding carboxylic acids is 1. The summed E-state index contributed by atoms with van der Waals surface area (Å²) in [5, 5.41) is 2.82. The molecule has 0 atom stereocenters. The number of anilines is 1. The Morgan fingerprint density at radius 1 is 1.55 bits per heavy atom. The molecule has 110 valence electrons. The lowest BCUT2D eigenvalue weighted by atomic mass is 10.1. The van der Waals surface area contributed by atoms with E-state index < -0.39 is 0 Å². The molecule has 6 heteroatoms. The molecule has 1 aromatic rings. The third-order valence-corrected chi connectivity index (χ3v) is 3.18. The van der Waals surface area contributed by atoms with E-state index in [0.29, 0.717) is 39.4 Å². The number of amides is 1. The highest BCUT2D eigenvalue weighted by Crippen LogP contribution is 2.32. The summed E-state index contributed by atoms with van der Waals surface area (Å²) in [4.78, 5) is 13.9. The summed E-state index contributed by atoms with van der Waals surface area (Å²) >= 11 is 0. The quantitative estimate of drug-likeness (QED) is 0.723. The van der Waals surface area contributed by atoms with Gasteiger partial charge in [-0.1, -0.05) is 6.07 Å². The minimum absolute atomic E-state index is 0.0159. The van der Waals surface area contributed by atoms with Crippen LogP contribution in [0.1, 0.15) is 5.56 Å². The van der Waals surface area contributed by atoms with E-state index in [4.69, 9.17) is 15.2 Å². The molecule has 0 fully saturated rings. The van der Waals surface area contributed by atoms with Crippen molar-refractivity contribution in [3.63, 3.8) is 0 Å². The lowest BCUT2D eigenvalue weighted by molar-refractivity contribution is -0.120. The Bertz CT molecular complexity index is 465. The summed E-state index contributed by atoms with van der Waals surface area (Å²) in [6.45, 7) is 3.12. The first kappa shape index (κ1) is 14.6. The number of nitrogens with zero attached hydrogens (tertiary/aromatic N) is 1. The van der Waals surface area contributed by atoms with E-state index in [1.54, 1.807) is 7.11 Å². The maximum absolute atomic E-state index is 11.8. The van der Waals surface area contributed by atoms with Crippen LogP contribution >= 0.6 is 0 Å². The van der Waals surface area contributed by atoms with Crippen LogP contribution in [0.3, 0.4) is 0 Å². The third-order valence-electron chi connectivity index (χ3n) is 3.18. The standard InChI is InChI=1S/C14H21N3O3/c1-19-6-4-16-14(18)10-17-5-7-20-13-8-11(9-15)2-3-12(13)17/h2-3,8H,4-7,9-10,15H2,1H3,(H,16,18). The molecular weight excluding hydrogens is 258 g/mol. The van der Waals surface area contributed by atoms with Gasteiger partial charge in [-0.15, -0.1) is 0 Å². The van der Waals surface area contributed by atoms with Gasteiger partial charge in [-0.25, -0.2) is 0 Å². The first-order valence-corrected chi connectivity index (χ1v) is 6.71. The molecule has 1 aliphatic rings. The van der Waals surface area contributed by atoms with Gasteiger partial charge < -0.3 is 25.4 Å². The molecule has 3 N–H and O–H groups in total. The van der Waals surface area contributed by atoms with Gasteiger partial charge in [-0.2, -0.15) is 0 Å². The molecule has 0 aliphatic carbocycles. The number of nitrogens with two attached hydrogens (primary N) is 1. The topological polar surface area (TPSA) is 76.8 Å². The molecule has 20 heavy (non-hydrogen) atoms. The van der Waals surface area contributed by atoms with Gasteiger partial charge in [0.15, 0.2) is 0 Å². The van der Waals surface area contributed by atoms with E-state index in [2.05, 4.69) is 5.32 Å². The number of fused-ring (bicyclic) bond motifs is 1. The summed E-state index contributed by atoms with van der Waals surface area (Å²) in [5.41, 5.74) is 7.58. The molecule has 0 bridgehead atoms. The summed E-state index contributed by atoms with van der Waals surface area (Å²) in [6.07, 6.45) is 0. The monoisotopic (exact) mass is 279 g/mol. The van der Waals surface area contributed by atoms with Crippen molar-refractivity contribution in [1.82, 2.24) is 5.32 Å². The molecule has 0 aromatic heterocycles. The number of benzene rings is 1. The highest BCUT2D eigenvalue weighted by Gasteiger charge is 2.20. The van der Waals surface area contributed by atoms with Crippen LogP contribution in [-0.4, -0.2) is 45.9 Å². The zero-order valence-electron chi connectivity index (χ0n) is 11.7. The van der Waals surface area contributed by atoms with Crippen LogP contribution in [0.15, 0.2) is 18.2 Å². The van der Waals surface area contributed by atoms with Gasteiger partial charge in [-0.05, 0) is 17.7 Å². The Morgan fingerprint density at radius 2 is 2.40 bits per heavy atom. The molecule has 1 aromatic carbocycles.